The average Bonchev–Trinajstić information content (AvgIpc) is 2.47. The van der Waals surface area contributed by atoms with Crippen LogP contribution < -0.4 is 16.4 Å². The molecule has 1 aromatic rings. The van der Waals surface area contributed by atoms with Crippen molar-refractivity contribution in [3.8, 4) is 0 Å². The Balaban J connectivity index is 1.72. The van der Waals surface area contributed by atoms with E-state index in [1.807, 2.05) is 24.3 Å². The molecule has 0 aromatic heterocycles. The van der Waals surface area contributed by atoms with E-state index in [0.717, 1.165) is 23.7 Å². The zero-order valence-corrected chi connectivity index (χ0v) is 12.2. The highest BCUT2D eigenvalue weighted by atomic mass is 16.2. The van der Waals surface area contributed by atoms with E-state index in [4.69, 9.17) is 5.73 Å². The van der Waals surface area contributed by atoms with Gasteiger partial charge in [-0.2, -0.15) is 0 Å². The van der Waals surface area contributed by atoms with Crippen molar-refractivity contribution < 1.29 is 4.79 Å². The topological polar surface area (TPSA) is 67.2 Å². The van der Waals surface area contributed by atoms with Crippen LogP contribution in [0, 0.1) is 11.8 Å². The molecule has 2 rings (SSSR count). The molecule has 0 bridgehead atoms. The molecule has 20 heavy (non-hydrogen) atoms. The third kappa shape index (κ3) is 4.53. The first-order chi connectivity index (χ1) is 9.67. The van der Waals surface area contributed by atoms with Gasteiger partial charge in [0.05, 0.1) is 0 Å². The Bertz CT molecular complexity index is 422. The van der Waals surface area contributed by atoms with Crippen LogP contribution in [-0.2, 0) is 6.54 Å². The van der Waals surface area contributed by atoms with Crippen LogP contribution in [0.5, 0.6) is 0 Å². The summed E-state index contributed by atoms with van der Waals surface area (Å²) in [6.45, 7) is 3.60. The second-order valence-electron chi connectivity index (χ2n) is 5.86. The average molecular weight is 275 g/mol. The van der Waals surface area contributed by atoms with Gasteiger partial charge in [-0.05, 0) is 42.4 Å². The van der Waals surface area contributed by atoms with E-state index in [9.17, 15) is 4.79 Å². The quantitative estimate of drug-likeness (QED) is 0.790. The van der Waals surface area contributed by atoms with Gasteiger partial charge in [-0.1, -0.05) is 31.9 Å². The lowest BCUT2D eigenvalue weighted by atomic mass is 9.83. The number of benzene rings is 1. The minimum Gasteiger partial charge on any atom is -0.338 e. The fourth-order valence-electron chi connectivity index (χ4n) is 2.67. The smallest absolute Gasteiger partial charge is 0.319 e. The maximum Gasteiger partial charge on any atom is 0.319 e. The summed E-state index contributed by atoms with van der Waals surface area (Å²) in [5.41, 5.74) is 7.41. The van der Waals surface area contributed by atoms with Gasteiger partial charge in [-0.3, -0.25) is 0 Å². The number of hydrogen-bond acceptors (Lipinski definition) is 2. The van der Waals surface area contributed by atoms with E-state index in [1.54, 1.807) is 0 Å². The number of nitrogens with two attached hydrogens (primary N) is 1. The molecular formula is C16H25N3O. The van der Waals surface area contributed by atoms with Crippen molar-refractivity contribution in [1.29, 1.82) is 0 Å². The second kappa shape index (κ2) is 7.29. The van der Waals surface area contributed by atoms with E-state index in [2.05, 4.69) is 17.6 Å². The van der Waals surface area contributed by atoms with Crippen LogP contribution in [0.15, 0.2) is 24.3 Å². The normalized spacial score (nSPS) is 22.3. The Kier molecular flexibility index (Phi) is 5.41. The summed E-state index contributed by atoms with van der Waals surface area (Å²) in [6.07, 6.45) is 5.03. The lowest BCUT2D eigenvalue weighted by Gasteiger charge is -2.26. The Morgan fingerprint density at radius 3 is 2.45 bits per heavy atom. The summed E-state index contributed by atoms with van der Waals surface area (Å²) in [5.74, 6) is 1.48. The van der Waals surface area contributed by atoms with Crippen molar-refractivity contribution in [3.63, 3.8) is 0 Å². The number of carbonyl (C=O) groups excluding carboxylic acids is 1. The Hall–Kier alpha value is -1.55. The third-order valence-corrected chi connectivity index (χ3v) is 4.13. The Labute approximate surface area is 121 Å². The van der Waals surface area contributed by atoms with Gasteiger partial charge in [0.25, 0.3) is 0 Å². The minimum atomic E-state index is -0.121. The molecule has 4 nitrogen and oxygen atoms in total. The minimum absolute atomic E-state index is 0.121. The highest BCUT2D eigenvalue weighted by Crippen LogP contribution is 2.27. The zero-order chi connectivity index (χ0) is 14.4. The SMILES string of the molecule is CC1CCC(CNC(=O)Nc2ccc(CN)cc2)CC1. The van der Waals surface area contributed by atoms with Gasteiger partial charge in [0, 0.05) is 18.8 Å². The van der Waals surface area contributed by atoms with Crippen LogP contribution in [0.3, 0.4) is 0 Å². The first kappa shape index (κ1) is 14.9. The summed E-state index contributed by atoms with van der Waals surface area (Å²) in [5, 5.41) is 5.82. The van der Waals surface area contributed by atoms with Crippen molar-refractivity contribution in [1.82, 2.24) is 5.32 Å². The lowest BCUT2D eigenvalue weighted by Crippen LogP contribution is -2.34. The van der Waals surface area contributed by atoms with E-state index in [0.29, 0.717) is 12.5 Å². The first-order valence-corrected chi connectivity index (χ1v) is 7.51. The maximum absolute atomic E-state index is 11.8. The standard InChI is InChI=1S/C16H25N3O/c1-12-2-4-14(5-3-12)11-18-16(20)19-15-8-6-13(10-17)7-9-15/h6-9,12,14H,2-5,10-11,17H2,1H3,(H2,18,19,20). The van der Waals surface area contributed by atoms with Gasteiger partial charge in [0.15, 0.2) is 0 Å². The number of hydrogen-bond donors (Lipinski definition) is 3. The highest BCUT2D eigenvalue weighted by Gasteiger charge is 2.18. The van der Waals surface area contributed by atoms with Crippen molar-refractivity contribution in [2.45, 2.75) is 39.2 Å². The zero-order valence-electron chi connectivity index (χ0n) is 12.2. The van der Waals surface area contributed by atoms with Crippen LogP contribution in [-0.4, -0.2) is 12.6 Å². The molecule has 1 aromatic carbocycles. The number of nitrogens with one attached hydrogen (secondary N) is 2. The molecule has 0 heterocycles. The summed E-state index contributed by atoms with van der Waals surface area (Å²) in [4.78, 5) is 11.8. The number of anilines is 1. The van der Waals surface area contributed by atoms with Gasteiger partial charge in [-0.25, -0.2) is 4.79 Å². The first-order valence-electron chi connectivity index (χ1n) is 7.51. The van der Waals surface area contributed by atoms with E-state index >= 15 is 0 Å². The van der Waals surface area contributed by atoms with Gasteiger partial charge in [-0.15, -0.1) is 0 Å². The van der Waals surface area contributed by atoms with Crippen LogP contribution in [0.25, 0.3) is 0 Å². The molecule has 0 saturated heterocycles. The van der Waals surface area contributed by atoms with E-state index < -0.39 is 0 Å². The molecular weight excluding hydrogens is 250 g/mol. The highest BCUT2D eigenvalue weighted by molar-refractivity contribution is 5.89. The fourth-order valence-corrected chi connectivity index (χ4v) is 2.67. The molecule has 0 atom stereocenters. The Morgan fingerprint density at radius 1 is 1.20 bits per heavy atom. The van der Waals surface area contributed by atoms with Crippen LogP contribution in [0.1, 0.15) is 38.2 Å². The number of carbonyl (C=O) groups is 1. The van der Waals surface area contributed by atoms with Crippen molar-refractivity contribution in [2.75, 3.05) is 11.9 Å². The van der Waals surface area contributed by atoms with Crippen LogP contribution in [0.2, 0.25) is 0 Å². The van der Waals surface area contributed by atoms with Crippen molar-refractivity contribution in [2.24, 2.45) is 17.6 Å². The predicted octanol–water partition coefficient (Wildman–Crippen LogP) is 3.09. The molecule has 1 saturated carbocycles. The molecule has 2 amide bonds. The summed E-state index contributed by atoms with van der Waals surface area (Å²) < 4.78 is 0. The van der Waals surface area contributed by atoms with Crippen molar-refractivity contribution in [3.05, 3.63) is 29.8 Å². The largest absolute Gasteiger partial charge is 0.338 e. The van der Waals surface area contributed by atoms with Gasteiger partial charge in [0.1, 0.15) is 0 Å². The summed E-state index contributed by atoms with van der Waals surface area (Å²) in [6, 6.07) is 7.49. The second-order valence-corrected chi connectivity index (χ2v) is 5.86. The van der Waals surface area contributed by atoms with Gasteiger partial charge in [0.2, 0.25) is 0 Å². The van der Waals surface area contributed by atoms with Crippen LogP contribution in [0.4, 0.5) is 10.5 Å². The van der Waals surface area contributed by atoms with Crippen molar-refractivity contribution >= 4 is 11.7 Å². The summed E-state index contributed by atoms with van der Waals surface area (Å²) in [7, 11) is 0. The van der Waals surface area contributed by atoms with E-state index in [-0.39, 0.29) is 6.03 Å². The molecule has 110 valence electrons. The number of rotatable bonds is 4. The molecule has 1 fully saturated rings. The molecule has 0 spiro atoms. The number of urea groups is 1. The monoisotopic (exact) mass is 275 g/mol. The molecule has 0 aliphatic heterocycles. The number of amides is 2. The lowest BCUT2D eigenvalue weighted by molar-refractivity contribution is 0.243. The molecule has 0 unspecified atom stereocenters. The molecule has 1 aliphatic carbocycles. The maximum atomic E-state index is 11.8. The summed E-state index contributed by atoms with van der Waals surface area (Å²) >= 11 is 0. The van der Waals surface area contributed by atoms with Gasteiger partial charge >= 0.3 is 6.03 Å². The fraction of sp³-hybridized carbons (Fsp3) is 0.562. The molecule has 4 N–H and O–H groups in total. The third-order valence-electron chi connectivity index (χ3n) is 4.13. The van der Waals surface area contributed by atoms with Gasteiger partial charge < -0.3 is 16.4 Å². The predicted molar refractivity (Wildman–Crippen MR) is 82.5 cm³/mol. The van der Waals surface area contributed by atoms with Crippen LogP contribution >= 0.6 is 0 Å². The molecule has 0 radical (unpaired) electrons. The molecule has 4 heteroatoms. The van der Waals surface area contributed by atoms with E-state index in [1.165, 1.54) is 25.7 Å². The molecule has 1 aliphatic rings. The Morgan fingerprint density at radius 2 is 1.85 bits per heavy atom.